The Labute approximate surface area is 115 Å². The van der Waals surface area contributed by atoms with Gasteiger partial charge in [-0.3, -0.25) is 4.79 Å². The normalized spacial score (nSPS) is 23.1. The van der Waals surface area contributed by atoms with Gasteiger partial charge in [-0.05, 0) is 62.3 Å². The lowest BCUT2D eigenvalue weighted by Gasteiger charge is -2.25. The van der Waals surface area contributed by atoms with Crippen LogP contribution in [0.3, 0.4) is 0 Å². The number of aliphatic hydroxyl groups excluding tert-OH is 1. The maximum absolute atomic E-state index is 12.1. The zero-order valence-electron chi connectivity index (χ0n) is 11.8. The highest BCUT2D eigenvalue weighted by Gasteiger charge is 2.20. The number of rotatable bonds is 3. The minimum absolute atomic E-state index is 0.0110. The molecule has 19 heavy (non-hydrogen) atoms. The van der Waals surface area contributed by atoms with Crippen LogP contribution >= 0.6 is 0 Å². The molecule has 3 heteroatoms. The van der Waals surface area contributed by atoms with E-state index >= 15 is 0 Å². The first-order valence-corrected chi connectivity index (χ1v) is 7.10. The van der Waals surface area contributed by atoms with Crippen molar-refractivity contribution in [3.63, 3.8) is 0 Å². The number of hydrogen-bond donors (Lipinski definition) is 2. The van der Waals surface area contributed by atoms with Crippen molar-refractivity contribution in [3.05, 3.63) is 34.9 Å². The molecule has 1 aromatic rings. The largest absolute Gasteiger partial charge is 0.393 e. The van der Waals surface area contributed by atoms with E-state index in [2.05, 4.69) is 5.32 Å². The Morgan fingerprint density at radius 1 is 1.32 bits per heavy atom. The van der Waals surface area contributed by atoms with Crippen LogP contribution < -0.4 is 5.32 Å². The molecule has 0 radical (unpaired) electrons. The first-order valence-electron chi connectivity index (χ1n) is 7.10. The van der Waals surface area contributed by atoms with E-state index in [0.717, 1.165) is 36.8 Å². The van der Waals surface area contributed by atoms with Gasteiger partial charge in [0.2, 0.25) is 0 Å². The summed E-state index contributed by atoms with van der Waals surface area (Å²) in [7, 11) is 0. The molecule has 1 amide bonds. The Morgan fingerprint density at radius 3 is 2.79 bits per heavy atom. The molecule has 2 atom stereocenters. The van der Waals surface area contributed by atoms with Gasteiger partial charge in [0.05, 0.1) is 6.10 Å². The van der Waals surface area contributed by atoms with Gasteiger partial charge in [0, 0.05) is 12.1 Å². The molecule has 1 aliphatic rings. The van der Waals surface area contributed by atoms with E-state index in [4.69, 9.17) is 0 Å². The number of nitrogens with one attached hydrogen (secondary N) is 1. The molecule has 0 aliphatic heterocycles. The predicted octanol–water partition coefficient (Wildman–Crippen LogP) is 2.58. The fourth-order valence-corrected chi connectivity index (χ4v) is 2.67. The zero-order chi connectivity index (χ0) is 13.8. The predicted molar refractivity (Wildman–Crippen MR) is 76.2 cm³/mol. The highest BCUT2D eigenvalue weighted by Crippen LogP contribution is 2.23. The van der Waals surface area contributed by atoms with Crippen LogP contribution in [0.4, 0.5) is 0 Å². The second kappa shape index (κ2) is 6.20. The van der Waals surface area contributed by atoms with Crippen LogP contribution in [0, 0.1) is 19.8 Å². The maximum atomic E-state index is 12.1. The maximum Gasteiger partial charge on any atom is 0.251 e. The first-order chi connectivity index (χ1) is 9.06. The number of benzene rings is 1. The Morgan fingerprint density at radius 2 is 2.11 bits per heavy atom. The molecule has 0 unspecified atom stereocenters. The lowest BCUT2D eigenvalue weighted by Crippen LogP contribution is -2.33. The molecule has 3 nitrogen and oxygen atoms in total. The lowest BCUT2D eigenvalue weighted by molar-refractivity contribution is 0.0874. The van der Waals surface area contributed by atoms with Crippen LogP contribution in [-0.2, 0) is 0 Å². The van der Waals surface area contributed by atoms with Gasteiger partial charge in [0.1, 0.15) is 0 Å². The van der Waals surface area contributed by atoms with Crippen molar-refractivity contribution < 1.29 is 9.90 Å². The summed E-state index contributed by atoms with van der Waals surface area (Å²) in [5, 5.41) is 12.6. The highest BCUT2D eigenvalue weighted by molar-refractivity contribution is 5.94. The molecule has 1 aromatic carbocycles. The average molecular weight is 261 g/mol. The number of aliphatic hydroxyl groups is 1. The molecule has 0 heterocycles. The molecule has 0 spiro atoms. The number of hydrogen-bond acceptors (Lipinski definition) is 2. The average Bonchev–Trinajstić information content (AvgIpc) is 2.39. The van der Waals surface area contributed by atoms with Gasteiger partial charge in [-0.15, -0.1) is 0 Å². The van der Waals surface area contributed by atoms with E-state index in [1.165, 1.54) is 5.56 Å². The molecule has 0 bridgehead atoms. The summed E-state index contributed by atoms with van der Waals surface area (Å²) in [6.07, 6.45) is 3.70. The minimum Gasteiger partial charge on any atom is -0.393 e. The molecular formula is C16H23NO2. The smallest absolute Gasteiger partial charge is 0.251 e. The summed E-state index contributed by atoms with van der Waals surface area (Å²) in [6, 6.07) is 5.78. The minimum atomic E-state index is -0.183. The van der Waals surface area contributed by atoms with Crippen LogP contribution in [0.15, 0.2) is 18.2 Å². The summed E-state index contributed by atoms with van der Waals surface area (Å²) < 4.78 is 0. The molecule has 0 aromatic heterocycles. The van der Waals surface area contributed by atoms with E-state index in [0.29, 0.717) is 12.5 Å². The Hall–Kier alpha value is -1.35. The summed E-state index contributed by atoms with van der Waals surface area (Å²) in [5.41, 5.74) is 3.06. The van der Waals surface area contributed by atoms with E-state index in [-0.39, 0.29) is 12.0 Å². The molecule has 104 valence electrons. The van der Waals surface area contributed by atoms with Crippen LogP contribution in [0.25, 0.3) is 0 Å². The van der Waals surface area contributed by atoms with Crippen molar-refractivity contribution in [3.8, 4) is 0 Å². The van der Waals surface area contributed by atoms with Crippen molar-refractivity contribution in [2.75, 3.05) is 6.54 Å². The molecule has 2 rings (SSSR count). The Kier molecular flexibility index (Phi) is 4.59. The van der Waals surface area contributed by atoms with Gasteiger partial charge in [0.15, 0.2) is 0 Å². The van der Waals surface area contributed by atoms with Gasteiger partial charge in [-0.1, -0.05) is 12.5 Å². The molecule has 0 saturated heterocycles. The highest BCUT2D eigenvalue weighted by atomic mass is 16.3. The monoisotopic (exact) mass is 261 g/mol. The topological polar surface area (TPSA) is 49.3 Å². The van der Waals surface area contributed by atoms with Gasteiger partial charge in [0.25, 0.3) is 5.91 Å². The quantitative estimate of drug-likeness (QED) is 0.878. The molecule has 1 aliphatic carbocycles. The summed E-state index contributed by atoms with van der Waals surface area (Å²) in [6.45, 7) is 4.73. The number of aryl methyl sites for hydroxylation is 2. The Bertz CT molecular complexity index is 456. The van der Waals surface area contributed by atoms with E-state index in [1.807, 2.05) is 32.0 Å². The van der Waals surface area contributed by atoms with Crippen molar-refractivity contribution in [1.82, 2.24) is 5.32 Å². The van der Waals surface area contributed by atoms with Crippen LogP contribution in [0.5, 0.6) is 0 Å². The summed E-state index contributed by atoms with van der Waals surface area (Å²) in [5.74, 6) is 0.405. The third kappa shape index (κ3) is 3.80. The van der Waals surface area contributed by atoms with Crippen molar-refractivity contribution in [2.45, 2.75) is 45.6 Å². The summed E-state index contributed by atoms with van der Waals surface area (Å²) in [4.78, 5) is 12.1. The van der Waals surface area contributed by atoms with Crippen molar-refractivity contribution in [1.29, 1.82) is 0 Å². The molecule has 1 fully saturated rings. The SMILES string of the molecule is Cc1ccc(C(=O)NC[C@@H]2CCC[C@H](O)C2)cc1C. The molecule has 1 saturated carbocycles. The van der Waals surface area contributed by atoms with E-state index < -0.39 is 0 Å². The van der Waals surface area contributed by atoms with Crippen molar-refractivity contribution in [2.24, 2.45) is 5.92 Å². The van der Waals surface area contributed by atoms with Crippen LogP contribution in [0.1, 0.15) is 47.2 Å². The van der Waals surface area contributed by atoms with Crippen molar-refractivity contribution >= 4 is 5.91 Å². The second-order valence-electron chi connectivity index (χ2n) is 5.70. The standard InChI is InChI=1S/C16H23NO2/c1-11-6-7-14(8-12(11)2)16(19)17-10-13-4-3-5-15(18)9-13/h6-8,13,15,18H,3-5,9-10H2,1-2H3,(H,17,19)/t13-,15+/m1/s1. The van der Waals surface area contributed by atoms with Gasteiger partial charge in [-0.2, -0.15) is 0 Å². The van der Waals surface area contributed by atoms with E-state index in [1.54, 1.807) is 0 Å². The number of amides is 1. The molecular weight excluding hydrogens is 238 g/mol. The van der Waals surface area contributed by atoms with E-state index in [9.17, 15) is 9.90 Å². The number of carbonyl (C=O) groups excluding carboxylic acids is 1. The van der Waals surface area contributed by atoms with Gasteiger partial charge >= 0.3 is 0 Å². The fraction of sp³-hybridized carbons (Fsp3) is 0.562. The molecule has 2 N–H and O–H groups in total. The third-order valence-electron chi connectivity index (χ3n) is 4.08. The first kappa shape index (κ1) is 14.1. The fourth-order valence-electron chi connectivity index (χ4n) is 2.67. The number of carbonyl (C=O) groups is 1. The third-order valence-corrected chi connectivity index (χ3v) is 4.08. The van der Waals surface area contributed by atoms with Crippen LogP contribution in [0.2, 0.25) is 0 Å². The van der Waals surface area contributed by atoms with Gasteiger partial charge in [-0.25, -0.2) is 0 Å². The lowest BCUT2D eigenvalue weighted by atomic mass is 9.87. The summed E-state index contributed by atoms with van der Waals surface area (Å²) >= 11 is 0. The second-order valence-corrected chi connectivity index (χ2v) is 5.70. The van der Waals surface area contributed by atoms with Crippen LogP contribution in [-0.4, -0.2) is 23.7 Å². The van der Waals surface area contributed by atoms with Gasteiger partial charge < -0.3 is 10.4 Å². The zero-order valence-corrected chi connectivity index (χ0v) is 11.8. The Balaban J connectivity index is 1.88.